The van der Waals surface area contributed by atoms with Crippen LogP contribution >= 0.6 is 0 Å². The Labute approximate surface area is 91.5 Å². The molecule has 0 aliphatic rings. The Balaban J connectivity index is 4.11. The molecule has 86 valence electrons. The Kier molecular flexibility index (Phi) is 5.78. The fraction of sp³-hybridized carbons (Fsp3) is 1.00. The maximum atomic E-state index is 2.36. The van der Waals surface area contributed by atoms with Crippen molar-refractivity contribution in [2.45, 2.75) is 67.7 Å². The van der Waals surface area contributed by atoms with E-state index in [2.05, 4.69) is 48.5 Å². The van der Waals surface area contributed by atoms with Crippen LogP contribution in [-0.2, 0) is 0 Å². The summed E-state index contributed by atoms with van der Waals surface area (Å²) in [5, 5.41) is 0. The molecule has 0 bridgehead atoms. The Morgan fingerprint density at radius 2 is 1.14 bits per heavy atom. The molecule has 0 N–H and O–H groups in total. The van der Waals surface area contributed by atoms with Gasteiger partial charge in [0.25, 0.3) is 0 Å². The molecule has 0 aliphatic carbocycles. The van der Waals surface area contributed by atoms with E-state index in [0.717, 1.165) is 17.8 Å². The van der Waals surface area contributed by atoms with Crippen LogP contribution in [0.4, 0.5) is 0 Å². The van der Waals surface area contributed by atoms with Gasteiger partial charge in [0.2, 0.25) is 0 Å². The molecule has 14 heavy (non-hydrogen) atoms. The fourth-order valence-electron chi connectivity index (χ4n) is 2.46. The summed E-state index contributed by atoms with van der Waals surface area (Å²) in [5.41, 5.74) is 0.494. The second kappa shape index (κ2) is 5.78. The zero-order valence-electron chi connectivity index (χ0n) is 11.4. The minimum Gasteiger partial charge on any atom is -0.0628 e. The molecule has 0 aromatic carbocycles. The maximum Gasteiger partial charge on any atom is -0.0380 e. The Hall–Kier alpha value is 0. The molecule has 0 rings (SSSR count). The van der Waals surface area contributed by atoms with Gasteiger partial charge in [-0.1, -0.05) is 48.5 Å². The second-order valence-electron chi connectivity index (χ2n) is 6.89. The van der Waals surface area contributed by atoms with Crippen molar-refractivity contribution in [3.05, 3.63) is 0 Å². The molecule has 0 saturated heterocycles. The zero-order valence-corrected chi connectivity index (χ0v) is 11.4. The van der Waals surface area contributed by atoms with E-state index in [-0.39, 0.29) is 0 Å². The van der Waals surface area contributed by atoms with E-state index in [0.29, 0.717) is 5.41 Å². The lowest BCUT2D eigenvalue weighted by molar-refractivity contribution is 0.233. The highest BCUT2D eigenvalue weighted by atomic mass is 14.3. The van der Waals surface area contributed by atoms with Gasteiger partial charge in [0.1, 0.15) is 0 Å². The van der Waals surface area contributed by atoms with Gasteiger partial charge in [-0.15, -0.1) is 0 Å². The average Bonchev–Trinajstić information content (AvgIpc) is 1.77. The molecule has 0 saturated carbocycles. The van der Waals surface area contributed by atoms with Crippen LogP contribution in [-0.4, -0.2) is 0 Å². The highest BCUT2D eigenvalue weighted by molar-refractivity contribution is 4.71. The van der Waals surface area contributed by atoms with Gasteiger partial charge in [0.05, 0.1) is 0 Å². The van der Waals surface area contributed by atoms with Crippen LogP contribution in [0.15, 0.2) is 0 Å². The number of hydrogen-bond acceptors (Lipinski definition) is 0. The highest BCUT2D eigenvalue weighted by Gasteiger charge is 2.20. The van der Waals surface area contributed by atoms with Crippen molar-refractivity contribution in [3.63, 3.8) is 0 Å². The molecule has 0 nitrogen and oxygen atoms in total. The van der Waals surface area contributed by atoms with E-state index < -0.39 is 0 Å². The minimum absolute atomic E-state index is 0.494. The molecule has 0 amide bonds. The first-order valence-corrected chi connectivity index (χ1v) is 6.20. The predicted molar refractivity (Wildman–Crippen MR) is 66.5 cm³/mol. The van der Waals surface area contributed by atoms with Crippen LogP contribution in [0.5, 0.6) is 0 Å². The summed E-state index contributed by atoms with van der Waals surface area (Å²) in [5.74, 6) is 2.62. The lowest BCUT2D eigenvalue weighted by atomic mass is 9.78. The van der Waals surface area contributed by atoms with Crippen molar-refractivity contribution >= 4 is 0 Å². The topological polar surface area (TPSA) is 0 Å². The average molecular weight is 198 g/mol. The molecule has 0 heteroatoms. The predicted octanol–water partition coefficient (Wildman–Crippen LogP) is 5.13. The molecule has 0 heterocycles. The summed E-state index contributed by atoms with van der Waals surface area (Å²) < 4.78 is 0. The molecule has 0 aromatic rings. The standard InChI is InChI=1S/C14H30/c1-11(2)8-13(9-12(3)4)10-14(5,6)7/h11-13H,8-10H2,1-7H3. The third-order valence-corrected chi connectivity index (χ3v) is 2.51. The summed E-state index contributed by atoms with van der Waals surface area (Å²) in [6.45, 7) is 16.5. The monoisotopic (exact) mass is 198 g/mol. The van der Waals surface area contributed by atoms with Gasteiger partial charge in [-0.05, 0) is 42.4 Å². The summed E-state index contributed by atoms with van der Waals surface area (Å²) in [6.07, 6.45) is 4.17. The molecule has 0 radical (unpaired) electrons. The van der Waals surface area contributed by atoms with Crippen LogP contribution in [0.3, 0.4) is 0 Å². The molecular formula is C14H30. The van der Waals surface area contributed by atoms with Crippen molar-refractivity contribution in [1.82, 2.24) is 0 Å². The van der Waals surface area contributed by atoms with Crippen LogP contribution in [0, 0.1) is 23.2 Å². The van der Waals surface area contributed by atoms with E-state index in [4.69, 9.17) is 0 Å². The highest BCUT2D eigenvalue weighted by Crippen LogP contribution is 2.32. The van der Waals surface area contributed by atoms with Crippen molar-refractivity contribution in [2.24, 2.45) is 23.2 Å². The molecule has 0 unspecified atom stereocenters. The normalized spacial score (nSPS) is 13.3. The van der Waals surface area contributed by atoms with Gasteiger partial charge in [-0.2, -0.15) is 0 Å². The lowest BCUT2D eigenvalue weighted by Gasteiger charge is -2.28. The largest absolute Gasteiger partial charge is 0.0628 e. The van der Waals surface area contributed by atoms with Crippen LogP contribution < -0.4 is 0 Å². The summed E-state index contributed by atoms with van der Waals surface area (Å²) in [6, 6.07) is 0. The van der Waals surface area contributed by atoms with Crippen molar-refractivity contribution in [3.8, 4) is 0 Å². The van der Waals surface area contributed by atoms with Gasteiger partial charge in [-0.3, -0.25) is 0 Å². The maximum absolute atomic E-state index is 2.36. The van der Waals surface area contributed by atoms with Gasteiger partial charge in [0, 0.05) is 0 Å². The first-order valence-electron chi connectivity index (χ1n) is 6.20. The summed E-state index contributed by atoms with van der Waals surface area (Å²) in [4.78, 5) is 0. The molecular weight excluding hydrogens is 168 g/mol. The van der Waals surface area contributed by atoms with Crippen LogP contribution in [0.2, 0.25) is 0 Å². The summed E-state index contributed by atoms with van der Waals surface area (Å²) >= 11 is 0. The first kappa shape index (κ1) is 14.0. The second-order valence-corrected chi connectivity index (χ2v) is 6.89. The van der Waals surface area contributed by atoms with E-state index in [9.17, 15) is 0 Å². The van der Waals surface area contributed by atoms with E-state index in [1.807, 2.05) is 0 Å². The Morgan fingerprint density at radius 1 is 0.786 bits per heavy atom. The van der Waals surface area contributed by atoms with E-state index in [1.54, 1.807) is 0 Å². The van der Waals surface area contributed by atoms with E-state index in [1.165, 1.54) is 19.3 Å². The summed E-state index contributed by atoms with van der Waals surface area (Å²) in [7, 11) is 0. The zero-order chi connectivity index (χ0) is 11.4. The lowest BCUT2D eigenvalue weighted by Crippen LogP contribution is -2.16. The first-order chi connectivity index (χ1) is 6.20. The molecule has 0 spiro atoms. The van der Waals surface area contributed by atoms with Crippen molar-refractivity contribution in [2.75, 3.05) is 0 Å². The third-order valence-electron chi connectivity index (χ3n) is 2.51. The van der Waals surface area contributed by atoms with Crippen LogP contribution in [0.1, 0.15) is 67.7 Å². The minimum atomic E-state index is 0.494. The van der Waals surface area contributed by atoms with Crippen molar-refractivity contribution < 1.29 is 0 Å². The number of hydrogen-bond donors (Lipinski definition) is 0. The number of rotatable bonds is 5. The van der Waals surface area contributed by atoms with Gasteiger partial charge < -0.3 is 0 Å². The fourth-order valence-corrected chi connectivity index (χ4v) is 2.46. The molecule has 0 fully saturated rings. The Bertz CT molecular complexity index is 127. The van der Waals surface area contributed by atoms with Crippen LogP contribution in [0.25, 0.3) is 0 Å². The molecule has 0 aliphatic heterocycles. The van der Waals surface area contributed by atoms with Gasteiger partial charge in [-0.25, -0.2) is 0 Å². The Morgan fingerprint density at radius 3 is 1.36 bits per heavy atom. The molecule has 0 aromatic heterocycles. The van der Waals surface area contributed by atoms with E-state index >= 15 is 0 Å². The SMILES string of the molecule is CC(C)CC(CC(C)C)CC(C)(C)C. The quantitative estimate of drug-likeness (QED) is 0.574. The van der Waals surface area contributed by atoms with Crippen molar-refractivity contribution in [1.29, 1.82) is 0 Å². The smallest absolute Gasteiger partial charge is 0.0380 e. The van der Waals surface area contributed by atoms with Gasteiger partial charge >= 0.3 is 0 Å². The van der Waals surface area contributed by atoms with Gasteiger partial charge in [0.15, 0.2) is 0 Å². The third kappa shape index (κ3) is 8.59. The molecule has 0 atom stereocenters.